The largest absolute Gasteiger partial charge is 0.419 e. The Morgan fingerprint density at radius 2 is 2.12 bits per heavy atom. The highest BCUT2D eigenvalue weighted by atomic mass is 35.5. The smallest absolute Gasteiger partial charge is 0.248 e. The van der Waals surface area contributed by atoms with Crippen molar-refractivity contribution in [3.63, 3.8) is 0 Å². The zero-order chi connectivity index (χ0) is 18.1. The fraction of sp³-hybridized carbons (Fsp3) is 0.294. The number of aromatic nitrogens is 2. The maximum absolute atomic E-state index is 13.1. The van der Waals surface area contributed by atoms with Crippen molar-refractivity contribution >= 4 is 33.0 Å². The predicted molar refractivity (Wildman–Crippen MR) is 99.5 cm³/mol. The van der Waals surface area contributed by atoms with Gasteiger partial charge in [-0.15, -0.1) is 10.2 Å². The summed E-state index contributed by atoms with van der Waals surface area (Å²) >= 11 is 7.52. The van der Waals surface area contributed by atoms with Gasteiger partial charge in [0.25, 0.3) is 0 Å². The summed E-state index contributed by atoms with van der Waals surface area (Å²) in [5.41, 5.74) is 0.841. The predicted octanol–water partition coefficient (Wildman–Crippen LogP) is 4.37. The maximum atomic E-state index is 13.1. The molecule has 0 N–H and O–H groups in total. The highest BCUT2D eigenvalue weighted by molar-refractivity contribution is 7.89. The van der Waals surface area contributed by atoms with E-state index in [4.69, 9.17) is 16.0 Å². The van der Waals surface area contributed by atoms with Gasteiger partial charge in [-0.05, 0) is 42.5 Å². The Kier molecular flexibility index (Phi) is 4.83. The van der Waals surface area contributed by atoms with Crippen molar-refractivity contribution in [1.82, 2.24) is 14.5 Å². The van der Waals surface area contributed by atoms with Crippen LogP contribution < -0.4 is 0 Å². The molecular weight excluding hydrogens is 394 g/mol. The summed E-state index contributed by atoms with van der Waals surface area (Å²) in [7, 11) is -3.70. The monoisotopic (exact) mass is 409 g/mol. The van der Waals surface area contributed by atoms with Gasteiger partial charge in [0.05, 0.1) is 4.90 Å². The van der Waals surface area contributed by atoms with Gasteiger partial charge in [0, 0.05) is 22.5 Å². The van der Waals surface area contributed by atoms with Crippen LogP contribution in [0.25, 0.3) is 11.5 Å². The molecule has 1 saturated heterocycles. The quantitative estimate of drug-likeness (QED) is 0.639. The molecule has 1 atom stereocenters. The van der Waals surface area contributed by atoms with Crippen molar-refractivity contribution in [2.75, 3.05) is 6.54 Å². The van der Waals surface area contributed by atoms with Gasteiger partial charge in [-0.3, -0.25) is 0 Å². The molecule has 136 valence electrons. The van der Waals surface area contributed by atoms with Crippen molar-refractivity contribution in [2.24, 2.45) is 0 Å². The summed E-state index contributed by atoms with van der Waals surface area (Å²) in [6.45, 7) is 0.412. The minimum absolute atomic E-state index is 0.175. The Bertz CT molecular complexity index is 1000. The average Bonchev–Trinajstić information content (AvgIpc) is 3.33. The number of hydrogen-bond acceptors (Lipinski definition) is 6. The Balaban J connectivity index is 1.69. The molecule has 6 nitrogen and oxygen atoms in total. The van der Waals surface area contributed by atoms with E-state index in [2.05, 4.69) is 10.2 Å². The Labute approximate surface area is 160 Å². The fourth-order valence-corrected chi connectivity index (χ4v) is 5.66. The van der Waals surface area contributed by atoms with Gasteiger partial charge in [0.1, 0.15) is 6.04 Å². The van der Waals surface area contributed by atoms with Crippen LogP contribution in [0.3, 0.4) is 0 Å². The second kappa shape index (κ2) is 7.11. The molecule has 1 aliphatic heterocycles. The molecule has 3 heterocycles. The lowest BCUT2D eigenvalue weighted by atomic mass is 10.1. The summed E-state index contributed by atoms with van der Waals surface area (Å²) < 4.78 is 33.5. The Hall–Kier alpha value is -1.74. The zero-order valence-corrected chi connectivity index (χ0v) is 16.1. The molecule has 1 fully saturated rings. The topological polar surface area (TPSA) is 76.3 Å². The first kappa shape index (κ1) is 17.7. The molecule has 4 rings (SSSR count). The van der Waals surface area contributed by atoms with Gasteiger partial charge in [0.2, 0.25) is 21.8 Å². The molecule has 0 amide bonds. The molecule has 0 spiro atoms. The first-order chi connectivity index (χ1) is 12.6. The third kappa shape index (κ3) is 3.29. The maximum Gasteiger partial charge on any atom is 0.248 e. The van der Waals surface area contributed by atoms with Crippen molar-refractivity contribution in [1.29, 1.82) is 0 Å². The van der Waals surface area contributed by atoms with Gasteiger partial charge in [-0.2, -0.15) is 15.6 Å². The lowest BCUT2D eigenvalue weighted by Gasteiger charge is -2.32. The highest BCUT2D eigenvalue weighted by Gasteiger charge is 2.37. The molecule has 0 aliphatic carbocycles. The SMILES string of the molecule is O=S(=O)(c1cccc(Cl)c1)N1CCCC[C@H]1c1nnc(-c2ccsc2)o1. The van der Waals surface area contributed by atoms with E-state index in [0.29, 0.717) is 29.8 Å². The van der Waals surface area contributed by atoms with Gasteiger partial charge in [0.15, 0.2) is 0 Å². The lowest BCUT2D eigenvalue weighted by Crippen LogP contribution is -2.38. The van der Waals surface area contributed by atoms with E-state index in [0.717, 1.165) is 18.4 Å². The number of sulfonamides is 1. The second-order valence-electron chi connectivity index (χ2n) is 6.04. The molecule has 3 aromatic rings. The number of piperidine rings is 1. The van der Waals surface area contributed by atoms with E-state index in [1.165, 1.54) is 21.7 Å². The van der Waals surface area contributed by atoms with Crippen LogP contribution in [0, 0.1) is 0 Å². The Morgan fingerprint density at radius 1 is 1.23 bits per heavy atom. The molecule has 0 bridgehead atoms. The molecule has 1 aliphatic rings. The van der Waals surface area contributed by atoms with Crippen molar-refractivity contribution in [3.05, 3.63) is 52.0 Å². The van der Waals surface area contributed by atoms with Crippen LogP contribution in [0.1, 0.15) is 31.2 Å². The number of hydrogen-bond donors (Lipinski definition) is 0. The van der Waals surface area contributed by atoms with E-state index in [9.17, 15) is 8.42 Å². The van der Waals surface area contributed by atoms with Gasteiger partial charge < -0.3 is 4.42 Å². The van der Waals surface area contributed by atoms with Crippen LogP contribution in [0.5, 0.6) is 0 Å². The summed E-state index contributed by atoms with van der Waals surface area (Å²) in [6, 6.07) is 7.73. The van der Waals surface area contributed by atoms with E-state index >= 15 is 0 Å². The normalized spacial score (nSPS) is 18.9. The molecule has 26 heavy (non-hydrogen) atoms. The summed E-state index contributed by atoms with van der Waals surface area (Å²) in [4.78, 5) is 0.175. The van der Waals surface area contributed by atoms with Crippen LogP contribution in [0.4, 0.5) is 0 Å². The third-order valence-electron chi connectivity index (χ3n) is 4.35. The first-order valence-electron chi connectivity index (χ1n) is 8.19. The highest BCUT2D eigenvalue weighted by Crippen LogP contribution is 2.36. The van der Waals surface area contributed by atoms with Crippen LogP contribution >= 0.6 is 22.9 Å². The van der Waals surface area contributed by atoms with Crippen molar-refractivity contribution in [3.8, 4) is 11.5 Å². The molecule has 9 heteroatoms. The number of nitrogens with zero attached hydrogens (tertiary/aromatic N) is 3. The molecule has 2 aromatic heterocycles. The van der Waals surface area contributed by atoms with Crippen LogP contribution in [0.15, 0.2) is 50.4 Å². The Morgan fingerprint density at radius 3 is 2.88 bits per heavy atom. The van der Waals surface area contributed by atoms with E-state index in [1.54, 1.807) is 18.2 Å². The van der Waals surface area contributed by atoms with Gasteiger partial charge >= 0.3 is 0 Å². The minimum Gasteiger partial charge on any atom is -0.419 e. The van der Waals surface area contributed by atoms with Crippen LogP contribution in [-0.4, -0.2) is 29.5 Å². The second-order valence-corrected chi connectivity index (χ2v) is 9.15. The number of rotatable bonds is 4. The standard InChI is InChI=1S/C17H16ClN3O3S2/c18-13-4-3-5-14(10-13)26(22,23)21-8-2-1-6-15(21)17-20-19-16(24-17)12-7-9-25-11-12/h3-5,7,9-11,15H,1-2,6,8H2/t15-/m0/s1. The molecule has 0 radical (unpaired) electrons. The van der Waals surface area contributed by atoms with Gasteiger partial charge in [-0.25, -0.2) is 8.42 Å². The number of benzene rings is 1. The molecule has 0 saturated carbocycles. The summed E-state index contributed by atoms with van der Waals surface area (Å²) in [5.74, 6) is 0.739. The molecule has 1 aromatic carbocycles. The van der Waals surface area contributed by atoms with E-state index < -0.39 is 16.1 Å². The average molecular weight is 410 g/mol. The zero-order valence-electron chi connectivity index (χ0n) is 13.7. The summed E-state index contributed by atoms with van der Waals surface area (Å²) in [6.07, 6.45) is 2.34. The molecule has 0 unspecified atom stereocenters. The third-order valence-corrected chi connectivity index (χ3v) is 7.17. The number of thiophene rings is 1. The van der Waals surface area contributed by atoms with Crippen molar-refractivity contribution in [2.45, 2.75) is 30.2 Å². The van der Waals surface area contributed by atoms with Crippen LogP contribution in [0.2, 0.25) is 5.02 Å². The lowest BCUT2D eigenvalue weighted by molar-refractivity contribution is 0.220. The minimum atomic E-state index is -3.70. The molecular formula is C17H16ClN3O3S2. The number of halogens is 1. The van der Waals surface area contributed by atoms with Gasteiger partial charge in [-0.1, -0.05) is 24.1 Å². The van der Waals surface area contributed by atoms with E-state index in [1.807, 2.05) is 16.8 Å². The fourth-order valence-electron chi connectivity index (χ4n) is 3.07. The summed E-state index contributed by atoms with van der Waals surface area (Å²) in [5, 5.41) is 12.4. The first-order valence-corrected chi connectivity index (χ1v) is 11.0. The van der Waals surface area contributed by atoms with Crippen molar-refractivity contribution < 1.29 is 12.8 Å². The van der Waals surface area contributed by atoms with E-state index in [-0.39, 0.29) is 4.90 Å². The van der Waals surface area contributed by atoms with Crippen LogP contribution in [-0.2, 0) is 10.0 Å².